The normalized spacial score (nSPS) is 18.6. The molecule has 0 saturated carbocycles. The van der Waals surface area contributed by atoms with E-state index in [1.165, 1.54) is 9.80 Å². The third kappa shape index (κ3) is 3.61. The van der Waals surface area contributed by atoms with Crippen LogP contribution in [-0.4, -0.2) is 71.2 Å². The molecule has 29 heavy (non-hydrogen) atoms. The Hall–Kier alpha value is -2.84. The van der Waals surface area contributed by atoms with Gasteiger partial charge < -0.3 is 20.2 Å². The number of piperazine rings is 1. The molecular weight excluding hydrogens is 390 g/mol. The maximum atomic E-state index is 13.2. The van der Waals surface area contributed by atoms with E-state index in [0.29, 0.717) is 17.8 Å². The largest absolute Gasteiger partial charge is 0.387 e. The van der Waals surface area contributed by atoms with E-state index in [9.17, 15) is 14.4 Å². The predicted molar refractivity (Wildman–Crippen MR) is 111 cm³/mol. The molecule has 150 valence electrons. The number of thioether (sulfide) groups is 1. The first-order valence-corrected chi connectivity index (χ1v) is 10.5. The van der Waals surface area contributed by atoms with Crippen LogP contribution in [0.5, 0.6) is 0 Å². The number of hydrogen-bond acceptors (Lipinski definition) is 5. The third-order valence-electron chi connectivity index (χ3n) is 5.36. The molecule has 0 spiro atoms. The van der Waals surface area contributed by atoms with E-state index in [0.717, 1.165) is 16.0 Å². The molecule has 2 N–H and O–H groups in total. The lowest BCUT2D eigenvalue weighted by atomic mass is 10.0. The Kier molecular flexibility index (Phi) is 5.29. The van der Waals surface area contributed by atoms with E-state index in [1.807, 2.05) is 36.6 Å². The molecule has 1 atom stereocenters. The van der Waals surface area contributed by atoms with Gasteiger partial charge in [0.25, 0.3) is 5.91 Å². The summed E-state index contributed by atoms with van der Waals surface area (Å²) < 4.78 is 0. The second-order valence-corrected chi connectivity index (χ2v) is 7.87. The van der Waals surface area contributed by atoms with E-state index in [-0.39, 0.29) is 24.9 Å². The van der Waals surface area contributed by atoms with Crippen LogP contribution in [0.3, 0.4) is 0 Å². The SMILES string of the molecule is CSc1ccc(-c2ccc3c(c2)C(=O)N2CCN(C(=O)CO)CC2C(=O)N3)cc1. The smallest absolute Gasteiger partial charge is 0.256 e. The third-order valence-corrected chi connectivity index (χ3v) is 6.11. The number of benzene rings is 2. The van der Waals surface area contributed by atoms with E-state index in [1.54, 1.807) is 23.9 Å². The van der Waals surface area contributed by atoms with Crippen molar-refractivity contribution in [2.75, 3.05) is 37.8 Å². The van der Waals surface area contributed by atoms with Gasteiger partial charge in [0.05, 0.1) is 17.8 Å². The van der Waals surface area contributed by atoms with Gasteiger partial charge in [-0.15, -0.1) is 11.8 Å². The fraction of sp³-hybridized carbons (Fsp3) is 0.286. The molecule has 1 unspecified atom stereocenters. The van der Waals surface area contributed by atoms with Crippen LogP contribution in [0.4, 0.5) is 5.69 Å². The summed E-state index contributed by atoms with van der Waals surface area (Å²) >= 11 is 1.66. The zero-order chi connectivity index (χ0) is 20.5. The van der Waals surface area contributed by atoms with Gasteiger partial charge in [0.2, 0.25) is 11.8 Å². The first-order valence-electron chi connectivity index (χ1n) is 9.30. The van der Waals surface area contributed by atoms with Crippen LogP contribution < -0.4 is 5.32 Å². The van der Waals surface area contributed by atoms with Crippen LogP contribution >= 0.6 is 11.8 Å². The standard InChI is InChI=1S/C21H21N3O4S/c1-29-15-5-2-13(3-6-15)14-4-7-17-16(10-14)21(28)24-9-8-23(19(26)12-25)11-18(24)20(27)22-17/h2-7,10,18,25H,8-9,11-12H2,1H3,(H,22,27). The van der Waals surface area contributed by atoms with Crippen molar-refractivity contribution < 1.29 is 19.5 Å². The van der Waals surface area contributed by atoms with E-state index < -0.39 is 18.6 Å². The van der Waals surface area contributed by atoms with Crippen molar-refractivity contribution in [3.63, 3.8) is 0 Å². The highest BCUT2D eigenvalue weighted by Crippen LogP contribution is 2.31. The van der Waals surface area contributed by atoms with Gasteiger partial charge in [-0.3, -0.25) is 14.4 Å². The Morgan fingerprint density at radius 1 is 1.14 bits per heavy atom. The summed E-state index contributed by atoms with van der Waals surface area (Å²) in [6, 6.07) is 12.7. The summed E-state index contributed by atoms with van der Waals surface area (Å²) in [7, 11) is 0. The molecule has 2 aromatic carbocycles. The molecule has 2 aliphatic rings. The Balaban J connectivity index is 1.66. The van der Waals surface area contributed by atoms with Gasteiger partial charge in [-0.2, -0.15) is 0 Å². The summed E-state index contributed by atoms with van der Waals surface area (Å²) in [5.74, 6) is -1.01. The minimum absolute atomic E-state index is 0.0773. The molecular formula is C21H21N3O4S. The molecule has 4 rings (SSSR count). The van der Waals surface area contributed by atoms with Gasteiger partial charge in [0.15, 0.2) is 0 Å². The molecule has 2 heterocycles. The van der Waals surface area contributed by atoms with Crippen molar-refractivity contribution in [2.24, 2.45) is 0 Å². The number of fused-ring (bicyclic) bond motifs is 2. The highest BCUT2D eigenvalue weighted by molar-refractivity contribution is 7.98. The van der Waals surface area contributed by atoms with Gasteiger partial charge in [0, 0.05) is 18.0 Å². The maximum Gasteiger partial charge on any atom is 0.256 e. The average molecular weight is 411 g/mol. The van der Waals surface area contributed by atoms with Crippen LogP contribution in [0.2, 0.25) is 0 Å². The molecule has 0 bridgehead atoms. The van der Waals surface area contributed by atoms with Crippen molar-refractivity contribution >= 4 is 35.2 Å². The molecule has 1 saturated heterocycles. The van der Waals surface area contributed by atoms with E-state index in [2.05, 4.69) is 5.32 Å². The average Bonchev–Trinajstić information content (AvgIpc) is 2.87. The maximum absolute atomic E-state index is 13.2. The molecule has 2 aliphatic heterocycles. The lowest BCUT2D eigenvalue weighted by Gasteiger charge is -2.39. The van der Waals surface area contributed by atoms with Crippen LogP contribution in [0.15, 0.2) is 47.4 Å². The molecule has 8 heteroatoms. The van der Waals surface area contributed by atoms with Crippen LogP contribution in [-0.2, 0) is 9.59 Å². The van der Waals surface area contributed by atoms with Crippen LogP contribution in [0, 0.1) is 0 Å². The Morgan fingerprint density at radius 3 is 2.55 bits per heavy atom. The Bertz CT molecular complexity index is 976. The fourth-order valence-electron chi connectivity index (χ4n) is 3.74. The number of anilines is 1. The summed E-state index contributed by atoms with van der Waals surface area (Å²) in [6.07, 6.45) is 2.02. The molecule has 3 amide bonds. The monoisotopic (exact) mass is 411 g/mol. The molecule has 0 radical (unpaired) electrons. The van der Waals surface area contributed by atoms with Crippen molar-refractivity contribution in [1.82, 2.24) is 9.80 Å². The van der Waals surface area contributed by atoms with Crippen LogP contribution in [0.25, 0.3) is 11.1 Å². The van der Waals surface area contributed by atoms with Gasteiger partial charge in [-0.25, -0.2) is 0 Å². The lowest BCUT2D eigenvalue weighted by molar-refractivity contribution is -0.138. The lowest BCUT2D eigenvalue weighted by Crippen LogP contribution is -2.59. The zero-order valence-corrected chi connectivity index (χ0v) is 16.7. The number of carbonyl (C=O) groups is 3. The highest BCUT2D eigenvalue weighted by Gasteiger charge is 2.40. The first kappa shape index (κ1) is 19.5. The Labute approximate surface area is 172 Å². The van der Waals surface area contributed by atoms with Crippen molar-refractivity contribution in [3.05, 3.63) is 48.0 Å². The van der Waals surface area contributed by atoms with Gasteiger partial charge >= 0.3 is 0 Å². The summed E-state index contributed by atoms with van der Waals surface area (Å²) in [6.45, 7) is 0.00396. The minimum Gasteiger partial charge on any atom is -0.387 e. The second kappa shape index (κ2) is 7.88. The molecule has 2 aromatic rings. The van der Waals surface area contributed by atoms with Gasteiger partial charge in [-0.05, 0) is 41.6 Å². The van der Waals surface area contributed by atoms with Crippen molar-refractivity contribution in [2.45, 2.75) is 10.9 Å². The topological polar surface area (TPSA) is 90.0 Å². The highest BCUT2D eigenvalue weighted by atomic mass is 32.2. The van der Waals surface area contributed by atoms with Gasteiger partial charge in [-0.1, -0.05) is 18.2 Å². The molecule has 0 aliphatic carbocycles. The van der Waals surface area contributed by atoms with E-state index in [4.69, 9.17) is 5.11 Å². The number of carbonyl (C=O) groups excluding carboxylic acids is 3. The predicted octanol–water partition coefficient (Wildman–Crippen LogP) is 1.67. The summed E-state index contributed by atoms with van der Waals surface area (Å²) in [5, 5.41) is 11.9. The van der Waals surface area contributed by atoms with Crippen molar-refractivity contribution in [1.29, 1.82) is 0 Å². The molecule has 0 aromatic heterocycles. The number of hydrogen-bond donors (Lipinski definition) is 2. The number of aliphatic hydroxyl groups is 1. The zero-order valence-electron chi connectivity index (χ0n) is 15.9. The number of nitrogens with zero attached hydrogens (tertiary/aromatic N) is 2. The number of amides is 3. The van der Waals surface area contributed by atoms with E-state index >= 15 is 0 Å². The summed E-state index contributed by atoms with van der Waals surface area (Å²) in [4.78, 5) is 41.9. The Morgan fingerprint density at radius 2 is 1.86 bits per heavy atom. The fourth-order valence-corrected chi connectivity index (χ4v) is 4.15. The quantitative estimate of drug-likeness (QED) is 0.750. The van der Waals surface area contributed by atoms with Crippen LogP contribution in [0.1, 0.15) is 10.4 Å². The minimum atomic E-state index is -0.775. The number of nitrogens with one attached hydrogen (secondary N) is 1. The molecule has 1 fully saturated rings. The second-order valence-electron chi connectivity index (χ2n) is 6.99. The molecule has 7 nitrogen and oxygen atoms in total. The van der Waals surface area contributed by atoms with Gasteiger partial charge in [0.1, 0.15) is 12.6 Å². The number of rotatable bonds is 3. The first-order chi connectivity index (χ1) is 14.0. The summed E-state index contributed by atoms with van der Waals surface area (Å²) in [5.41, 5.74) is 2.79. The number of aliphatic hydroxyl groups excluding tert-OH is 1. The van der Waals surface area contributed by atoms with Crippen molar-refractivity contribution in [3.8, 4) is 11.1 Å².